The number of aryl methyl sites for hydroxylation is 2. The van der Waals surface area contributed by atoms with Gasteiger partial charge < -0.3 is 13.9 Å². The Bertz CT molecular complexity index is 1060. The number of benzene rings is 1. The van der Waals surface area contributed by atoms with Gasteiger partial charge in [-0.25, -0.2) is 4.98 Å². The summed E-state index contributed by atoms with van der Waals surface area (Å²) in [5.74, 6) is 0.857. The van der Waals surface area contributed by atoms with Crippen molar-refractivity contribution in [3.63, 3.8) is 0 Å². The molecule has 0 bridgehead atoms. The lowest BCUT2D eigenvalue weighted by atomic mass is 10.1. The van der Waals surface area contributed by atoms with Crippen LogP contribution in [0.3, 0.4) is 0 Å². The summed E-state index contributed by atoms with van der Waals surface area (Å²) < 4.78 is 41.4. The molecule has 0 radical (unpaired) electrons. The zero-order valence-corrected chi connectivity index (χ0v) is 17.0. The van der Waals surface area contributed by atoms with Crippen LogP contribution < -0.4 is 9.47 Å². The summed E-state index contributed by atoms with van der Waals surface area (Å²) >= 11 is 0. The summed E-state index contributed by atoms with van der Waals surface area (Å²) in [6.45, 7) is -0.656. The van der Waals surface area contributed by atoms with Crippen LogP contribution >= 0.6 is 0 Å². The van der Waals surface area contributed by atoms with Gasteiger partial charge in [0.05, 0.1) is 12.3 Å². The lowest BCUT2D eigenvalue weighted by molar-refractivity contribution is -0.0515. The molecule has 2 heterocycles. The average Bonchev–Trinajstić information content (AvgIpc) is 3.46. The number of hydrogen-bond donors (Lipinski definition) is 0. The quantitative estimate of drug-likeness (QED) is 0.411. The number of rotatable bonds is 10. The molecule has 1 fully saturated rings. The van der Waals surface area contributed by atoms with Crippen LogP contribution in [0.2, 0.25) is 0 Å². The Morgan fingerprint density at radius 1 is 1.26 bits per heavy atom. The highest BCUT2D eigenvalue weighted by atomic mass is 19.3. The number of halogens is 2. The minimum atomic E-state index is -2.97. The highest BCUT2D eigenvalue weighted by Crippen LogP contribution is 2.36. The topological polar surface area (TPSA) is 74.5 Å². The van der Waals surface area contributed by atoms with Crippen molar-refractivity contribution in [1.29, 1.82) is 0 Å². The Balaban J connectivity index is 1.44. The second-order valence-corrected chi connectivity index (χ2v) is 7.53. The van der Waals surface area contributed by atoms with E-state index in [4.69, 9.17) is 9.15 Å². The Kier molecular flexibility index (Phi) is 6.25. The van der Waals surface area contributed by atoms with Gasteiger partial charge in [-0.1, -0.05) is 6.07 Å². The third-order valence-corrected chi connectivity index (χ3v) is 5.01. The van der Waals surface area contributed by atoms with Crippen molar-refractivity contribution in [3.8, 4) is 23.0 Å². The maximum Gasteiger partial charge on any atom is 0.387 e. The summed E-state index contributed by atoms with van der Waals surface area (Å²) in [6, 6.07) is 8.30. The van der Waals surface area contributed by atoms with E-state index in [0.29, 0.717) is 35.9 Å². The van der Waals surface area contributed by atoms with Gasteiger partial charge in [-0.05, 0) is 55.5 Å². The molecule has 1 aromatic carbocycles. The number of nitrogens with zero attached hydrogens (tertiary/aromatic N) is 2. The number of aromatic nitrogens is 2. The van der Waals surface area contributed by atoms with Crippen LogP contribution in [0.25, 0.3) is 11.5 Å². The minimum absolute atomic E-state index is 0.0614. The molecule has 162 valence electrons. The maximum atomic E-state index is 12.8. The van der Waals surface area contributed by atoms with Crippen LogP contribution in [0, 0.1) is 12.8 Å². The molecule has 0 atom stereocenters. The van der Waals surface area contributed by atoms with Crippen molar-refractivity contribution >= 4 is 5.78 Å². The van der Waals surface area contributed by atoms with Gasteiger partial charge in [-0.3, -0.25) is 9.78 Å². The molecule has 8 heteroatoms. The Morgan fingerprint density at radius 3 is 2.84 bits per heavy atom. The smallest absolute Gasteiger partial charge is 0.387 e. The van der Waals surface area contributed by atoms with Crippen LogP contribution in [0.1, 0.15) is 41.0 Å². The second-order valence-electron chi connectivity index (χ2n) is 7.53. The predicted octanol–water partition coefficient (Wildman–Crippen LogP) is 5.25. The Hall–Kier alpha value is -3.29. The fraction of sp³-hybridized carbons (Fsp3) is 0.348. The van der Waals surface area contributed by atoms with Crippen molar-refractivity contribution in [2.24, 2.45) is 5.92 Å². The number of alkyl halides is 2. The van der Waals surface area contributed by atoms with Crippen LogP contribution in [-0.4, -0.2) is 29.0 Å². The highest BCUT2D eigenvalue weighted by Gasteiger charge is 2.23. The van der Waals surface area contributed by atoms with Gasteiger partial charge >= 0.3 is 6.61 Å². The van der Waals surface area contributed by atoms with Crippen molar-refractivity contribution in [1.82, 2.24) is 9.97 Å². The van der Waals surface area contributed by atoms with Gasteiger partial charge in [0, 0.05) is 24.6 Å². The molecule has 4 rings (SSSR count). The molecular formula is C23H22F2N2O4. The molecule has 0 aliphatic heterocycles. The van der Waals surface area contributed by atoms with E-state index in [-0.39, 0.29) is 29.6 Å². The van der Waals surface area contributed by atoms with E-state index in [0.717, 1.165) is 18.4 Å². The molecule has 3 aromatic rings. The monoisotopic (exact) mass is 428 g/mol. The number of oxazole rings is 1. The first-order valence-corrected chi connectivity index (χ1v) is 10.1. The second kappa shape index (κ2) is 9.24. The van der Waals surface area contributed by atoms with E-state index in [1.807, 2.05) is 13.0 Å². The summed E-state index contributed by atoms with van der Waals surface area (Å²) in [7, 11) is 0. The van der Waals surface area contributed by atoms with Crippen LogP contribution in [0.15, 0.2) is 47.2 Å². The van der Waals surface area contributed by atoms with Crippen LogP contribution in [0.4, 0.5) is 8.78 Å². The van der Waals surface area contributed by atoms with Crippen LogP contribution in [-0.2, 0) is 6.42 Å². The van der Waals surface area contributed by atoms with Gasteiger partial charge in [0.2, 0.25) is 5.89 Å². The minimum Gasteiger partial charge on any atom is -0.489 e. The molecule has 2 aromatic heterocycles. The molecule has 0 spiro atoms. The van der Waals surface area contributed by atoms with Crippen LogP contribution in [0.5, 0.6) is 11.5 Å². The van der Waals surface area contributed by atoms with Crippen molar-refractivity contribution in [3.05, 3.63) is 59.7 Å². The molecular weight excluding hydrogens is 406 g/mol. The number of ether oxygens (including phenoxy) is 2. The summed E-state index contributed by atoms with van der Waals surface area (Å²) in [5.41, 5.74) is 2.33. The first-order valence-electron chi connectivity index (χ1n) is 10.1. The number of pyridine rings is 1. The van der Waals surface area contributed by atoms with Crippen molar-refractivity contribution in [2.45, 2.75) is 39.2 Å². The molecule has 1 aliphatic carbocycles. The van der Waals surface area contributed by atoms with E-state index in [1.165, 1.54) is 12.3 Å². The fourth-order valence-corrected chi connectivity index (χ4v) is 3.13. The van der Waals surface area contributed by atoms with E-state index < -0.39 is 6.61 Å². The lowest BCUT2D eigenvalue weighted by Gasteiger charge is -2.12. The third kappa shape index (κ3) is 5.45. The lowest BCUT2D eigenvalue weighted by Crippen LogP contribution is -2.06. The number of hydrogen-bond acceptors (Lipinski definition) is 6. The highest BCUT2D eigenvalue weighted by molar-refractivity contribution is 5.95. The van der Waals surface area contributed by atoms with E-state index in [1.54, 1.807) is 24.4 Å². The maximum absolute atomic E-state index is 12.8. The number of carbonyl (C=O) groups is 1. The predicted molar refractivity (Wildman–Crippen MR) is 108 cm³/mol. The number of carbonyl (C=O) groups excluding carboxylic acids is 1. The molecule has 1 aliphatic rings. The van der Waals surface area contributed by atoms with Gasteiger partial charge in [0.15, 0.2) is 17.3 Å². The molecule has 0 unspecified atom stereocenters. The van der Waals surface area contributed by atoms with Gasteiger partial charge in [-0.2, -0.15) is 8.78 Å². The largest absolute Gasteiger partial charge is 0.489 e. The molecule has 0 N–H and O–H groups in total. The summed E-state index contributed by atoms with van der Waals surface area (Å²) in [4.78, 5) is 20.9. The van der Waals surface area contributed by atoms with E-state index in [9.17, 15) is 13.6 Å². The zero-order chi connectivity index (χ0) is 21.8. The molecule has 1 saturated carbocycles. The summed E-state index contributed by atoms with van der Waals surface area (Å²) in [5, 5.41) is 0. The first-order chi connectivity index (χ1) is 15.0. The third-order valence-electron chi connectivity index (χ3n) is 5.01. The van der Waals surface area contributed by atoms with E-state index >= 15 is 0 Å². The molecule has 0 amide bonds. The Labute approximate surface area is 178 Å². The number of Topliss-reactive ketones (excluding diaryl/α,β-unsaturated/α-hetero) is 1. The SMILES string of the molecule is Cc1cccnc1C(=O)CCc1coc(-c2ccc(OCC3CC3)c(OC(F)F)c2)n1. The zero-order valence-electron chi connectivity index (χ0n) is 17.0. The fourth-order valence-electron chi connectivity index (χ4n) is 3.13. The number of ketones is 1. The van der Waals surface area contributed by atoms with Crippen molar-refractivity contribution in [2.75, 3.05) is 6.61 Å². The first kappa shape index (κ1) is 21.0. The Morgan fingerprint density at radius 2 is 2.10 bits per heavy atom. The van der Waals surface area contributed by atoms with E-state index in [2.05, 4.69) is 14.7 Å². The average molecular weight is 428 g/mol. The van der Waals surface area contributed by atoms with Gasteiger partial charge in [0.1, 0.15) is 12.0 Å². The van der Waals surface area contributed by atoms with Crippen molar-refractivity contribution < 1.29 is 27.5 Å². The summed E-state index contributed by atoms with van der Waals surface area (Å²) in [6.07, 6.45) is 5.83. The molecule has 0 saturated heterocycles. The molecule has 31 heavy (non-hydrogen) atoms. The standard InChI is InChI=1S/C23H22F2N2O4/c1-14-3-2-10-26-21(14)18(28)8-7-17-13-30-22(27-17)16-6-9-19(29-12-15-4-5-15)20(11-16)31-23(24)25/h2-3,6,9-11,13,15,23H,4-5,7-8,12H2,1H3. The van der Waals surface area contributed by atoms with Gasteiger partial charge in [-0.15, -0.1) is 0 Å². The molecule has 6 nitrogen and oxygen atoms in total. The normalized spacial score (nSPS) is 13.4. The van der Waals surface area contributed by atoms with Gasteiger partial charge in [0.25, 0.3) is 0 Å².